The standard InChI is InChI=1S/C55H96N16O13/c1-6-7-8-9-13-16-43(74)62-35(17-23-56)50(79)71-45(33(5)73)55(84)67-38(20-26-59)47(76)66-40-22-28-61-54(83)44(32(4)72)70-51(80)39(21-27-60)64-46(75)36(18-24-57)65-52(81)41(29-31(2)3)68-53(82)42(30-34-14-11-10-12-15-34)69-48(77)37(19-25-58)63-49(40)78/h10-12,14-15,31-33,35-42,44-45,72-73H,6-9,13,16-30,56-60H2,1-5H3,(H,61,83)(H,62,74)(H,63,78)(H,64,75)(H,65,81)(H,66,76)(H,67,84)(H,68,82)(H,69,77)(H,70,80)(H,71,79)/p+5/t32-,33-,35+,36+,37+,38+,39+,40+,41+,42-,44+,45+/m1/s1. The maximum absolute atomic E-state index is 14.6. The molecule has 1 heterocycles. The van der Waals surface area contributed by atoms with Crippen LogP contribution in [0, 0.1) is 5.92 Å². The van der Waals surface area contributed by atoms with Gasteiger partial charge in [0.1, 0.15) is 60.4 Å². The summed E-state index contributed by atoms with van der Waals surface area (Å²) in [5.41, 5.74) is 19.7. The van der Waals surface area contributed by atoms with Gasteiger partial charge >= 0.3 is 0 Å². The molecule has 2 rings (SSSR count). The summed E-state index contributed by atoms with van der Waals surface area (Å²) in [7, 11) is 0. The van der Waals surface area contributed by atoms with E-state index in [0.29, 0.717) is 12.0 Å². The van der Waals surface area contributed by atoms with Crippen molar-refractivity contribution in [2.45, 2.75) is 197 Å². The van der Waals surface area contributed by atoms with Crippen molar-refractivity contribution in [2.75, 3.05) is 39.3 Å². The van der Waals surface area contributed by atoms with Gasteiger partial charge in [0.2, 0.25) is 65.0 Å². The summed E-state index contributed by atoms with van der Waals surface area (Å²) >= 11 is 0. The second-order valence-electron chi connectivity index (χ2n) is 21.8. The number of hydrogen-bond donors (Lipinski definition) is 18. The fraction of sp³-hybridized carbons (Fsp3) is 0.691. The third-order valence-corrected chi connectivity index (χ3v) is 13.9. The summed E-state index contributed by atoms with van der Waals surface area (Å²) in [4.78, 5) is 154. The first-order valence-corrected chi connectivity index (χ1v) is 29.6. The number of benzene rings is 1. The highest BCUT2D eigenvalue weighted by molar-refractivity contribution is 5.99. The fourth-order valence-electron chi connectivity index (χ4n) is 9.21. The van der Waals surface area contributed by atoms with Crippen LogP contribution in [0.4, 0.5) is 0 Å². The van der Waals surface area contributed by atoms with E-state index in [4.69, 9.17) is 0 Å². The minimum Gasteiger partial charge on any atom is -0.391 e. The predicted octanol–water partition coefficient (Wildman–Crippen LogP) is -9.07. The fourth-order valence-corrected chi connectivity index (χ4v) is 9.21. The Bertz CT molecular complexity index is 2280. The zero-order valence-corrected chi connectivity index (χ0v) is 50.0. The smallest absolute Gasteiger partial charge is 0.245 e. The molecule has 0 bridgehead atoms. The van der Waals surface area contributed by atoms with Crippen LogP contribution in [-0.2, 0) is 59.2 Å². The average molecular weight is 1190 g/mol. The molecule has 1 aliphatic rings. The van der Waals surface area contributed by atoms with Crippen LogP contribution >= 0.6 is 0 Å². The van der Waals surface area contributed by atoms with Crippen LogP contribution in [0.25, 0.3) is 0 Å². The number of hydrogen-bond acceptors (Lipinski definition) is 13. The SMILES string of the molecule is CCCCCCCC(=O)N[C@@H](CC[NH3+])C(=O)N[C@H](C(=O)N[C@@H](CC[NH3+])C(=O)N[C@H]1CCNC(=O)[C@H]([C@@H](C)O)NC(=O)[C@H](CC[NH3+])NC(=O)[C@H](CC[NH3+])NC(=O)[C@H](CC(C)C)NC(=O)[C@@H](Cc2ccccc2)NC(=O)[C@H](CC[NH3+])NC1=O)[C@@H](C)O. The molecule has 0 spiro atoms. The number of carbonyl (C=O) groups excluding carboxylic acids is 11. The molecule has 1 saturated heterocycles. The Labute approximate surface area is 491 Å². The molecule has 1 aliphatic heterocycles. The summed E-state index contributed by atoms with van der Waals surface area (Å²) in [6.45, 7) is 8.39. The van der Waals surface area contributed by atoms with Crippen LogP contribution < -0.4 is 87.2 Å². The average Bonchev–Trinajstić information content (AvgIpc) is 3.44. The number of aliphatic hydroxyl groups excluding tert-OH is 2. The van der Waals surface area contributed by atoms with Gasteiger partial charge < -0.3 is 97.4 Å². The first-order chi connectivity index (χ1) is 39.9. The lowest BCUT2D eigenvalue weighted by Crippen LogP contribution is -2.63. The lowest BCUT2D eigenvalue weighted by molar-refractivity contribution is -0.369. The van der Waals surface area contributed by atoms with Crippen LogP contribution in [0.5, 0.6) is 0 Å². The molecule has 0 aromatic heterocycles. The van der Waals surface area contributed by atoms with E-state index in [0.717, 1.165) is 25.7 Å². The Balaban J connectivity index is 2.68. The van der Waals surface area contributed by atoms with Gasteiger partial charge in [-0.3, -0.25) is 52.7 Å². The van der Waals surface area contributed by atoms with Gasteiger partial charge in [0.25, 0.3) is 0 Å². The van der Waals surface area contributed by atoms with Crippen molar-refractivity contribution in [1.29, 1.82) is 0 Å². The van der Waals surface area contributed by atoms with Gasteiger partial charge in [-0.2, -0.15) is 0 Å². The Morgan fingerprint density at radius 1 is 0.560 bits per heavy atom. The van der Waals surface area contributed by atoms with Crippen molar-refractivity contribution < 1.29 is 91.6 Å². The Morgan fingerprint density at radius 2 is 1.05 bits per heavy atom. The summed E-state index contributed by atoms with van der Waals surface area (Å²) in [5, 5.41) is 50.3. The van der Waals surface area contributed by atoms with Crippen molar-refractivity contribution in [3.63, 3.8) is 0 Å². The summed E-state index contributed by atoms with van der Waals surface area (Å²) in [6.07, 6.45) is 1.03. The van der Waals surface area contributed by atoms with Crippen LogP contribution in [0.2, 0.25) is 0 Å². The molecule has 1 fully saturated rings. The number of amides is 11. The van der Waals surface area contributed by atoms with E-state index < -0.39 is 145 Å². The minimum absolute atomic E-state index is 0.0133. The monoisotopic (exact) mass is 1190 g/mol. The topological polar surface area (TPSA) is 499 Å². The highest BCUT2D eigenvalue weighted by atomic mass is 16.3. The van der Waals surface area contributed by atoms with Gasteiger partial charge in [0.05, 0.1) is 44.9 Å². The second-order valence-corrected chi connectivity index (χ2v) is 21.8. The largest absolute Gasteiger partial charge is 0.391 e. The normalized spacial score (nSPS) is 22.6. The number of quaternary nitrogens is 5. The predicted molar refractivity (Wildman–Crippen MR) is 305 cm³/mol. The third kappa shape index (κ3) is 26.4. The summed E-state index contributed by atoms with van der Waals surface area (Å²) < 4.78 is 0. The molecule has 1 aromatic rings. The molecule has 28 N–H and O–H groups in total. The lowest BCUT2D eigenvalue weighted by Gasteiger charge is -2.28. The Morgan fingerprint density at radius 3 is 1.56 bits per heavy atom. The van der Waals surface area contributed by atoms with Crippen molar-refractivity contribution >= 4 is 65.0 Å². The number of unbranched alkanes of at least 4 members (excludes halogenated alkanes) is 4. The van der Waals surface area contributed by atoms with Crippen molar-refractivity contribution in [2.24, 2.45) is 5.92 Å². The molecule has 29 nitrogen and oxygen atoms in total. The van der Waals surface area contributed by atoms with E-state index in [2.05, 4.69) is 94.1 Å². The van der Waals surface area contributed by atoms with E-state index >= 15 is 0 Å². The number of carbonyl (C=O) groups is 11. The van der Waals surface area contributed by atoms with Crippen LogP contribution in [0.3, 0.4) is 0 Å². The first kappa shape index (κ1) is 73.2. The summed E-state index contributed by atoms with van der Waals surface area (Å²) in [5.74, 6) is -9.27. The molecule has 474 valence electrons. The third-order valence-electron chi connectivity index (χ3n) is 13.9. The van der Waals surface area contributed by atoms with Gasteiger partial charge in [0.15, 0.2) is 0 Å². The molecular formula is C55H101N16O13+5. The molecule has 29 heteroatoms. The molecule has 0 unspecified atom stereocenters. The van der Waals surface area contributed by atoms with E-state index in [1.807, 2.05) is 13.8 Å². The maximum atomic E-state index is 14.6. The van der Waals surface area contributed by atoms with Crippen LogP contribution in [-0.4, -0.2) is 187 Å². The maximum Gasteiger partial charge on any atom is 0.245 e. The second kappa shape index (κ2) is 39.6. The summed E-state index contributed by atoms with van der Waals surface area (Å²) in [6, 6.07) is -5.41. The van der Waals surface area contributed by atoms with Gasteiger partial charge in [-0.15, -0.1) is 0 Å². The van der Waals surface area contributed by atoms with E-state index in [1.54, 1.807) is 30.3 Å². The van der Waals surface area contributed by atoms with Crippen molar-refractivity contribution in [3.8, 4) is 0 Å². The number of nitrogens with one attached hydrogen (secondary N) is 11. The van der Waals surface area contributed by atoms with Crippen molar-refractivity contribution in [1.82, 2.24) is 58.5 Å². The van der Waals surface area contributed by atoms with Crippen LogP contribution in [0.1, 0.15) is 124 Å². The minimum atomic E-state index is -1.64. The van der Waals surface area contributed by atoms with E-state index in [9.17, 15) is 63.0 Å². The Kier molecular flexibility index (Phi) is 34.5. The highest BCUT2D eigenvalue weighted by Gasteiger charge is 2.38. The zero-order valence-electron chi connectivity index (χ0n) is 50.0. The zero-order chi connectivity index (χ0) is 62.9. The molecule has 12 atom stereocenters. The Hall–Kier alpha value is -6.89. The van der Waals surface area contributed by atoms with E-state index in [1.165, 1.54) is 13.8 Å². The molecule has 0 radical (unpaired) electrons. The van der Waals surface area contributed by atoms with Crippen LogP contribution in [0.15, 0.2) is 30.3 Å². The van der Waals surface area contributed by atoms with Gasteiger partial charge in [-0.1, -0.05) is 76.8 Å². The van der Waals surface area contributed by atoms with E-state index in [-0.39, 0.29) is 95.9 Å². The molecule has 1 aromatic carbocycles. The molecule has 11 amide bonds. The lowest BCUT2D eigenvalue weighted by atomic mass is 10.00. The first-order valence-electron chi connectivity index (χ1n) is 29.6. The quantitative estimate of drug-likeness (QED) is 0.0332. The van der Waals surface area contributed by atoms with Gasteiger partial charge in [0, 0.05) is 51.5 Å². The number of rotatable bonds is 29. The van der Waals surface area contributed by atoms with Gasteiger partial charge in [-0.05, 0) is 44.6 Å². The molecular weight excluding hydrogens is 1090 g/mol. The number of aliphatic hydroxyl groups is 2. The molecule has 84 heavy (non-hydrogen) atoms. The van der Waals surface area contributed by atoms with Crippen molar-refractivity contribution in [3.05, 3.63) is 35.9 Å². The molecule has 0 saturated carbocycles. The molecule has 0 aliphatic carbocycles. The highest BCUT2D eigenvalue weighted by Crippen LogP contribution is 2.12. The van der Waals surface area contributed by atoms with Gasteiger partial charge in [-0.25, -0.2) is 0 Å².